The van der Waals surface area contributed by atoms with Gasteiger partial charge < -0.3 is 10.6 Å². The van der Waals surface area contributed by atoms with Gasteiger partial charge in [-0.2, -0.15) is 0 Å². The summed E-state index contributed by atoms with van der Waals surface area (Å²) in [5.41, 5.74) is 6.77. The molecule has 0 radical (unpaired) electrons. The molecule has 2 N–H and O–H groups in total. The molecule has 1 fully saturated rings. The molecule has 0 bridgehead atoms. The second-order valence-electron chi connectivity index (χ2n) is 5.10. The van der Waals surface area contributed by atoms with Crippen LogP contribution in [0.25, 0.3) is 0 Å². The minimum Gasteiger partial charge on any atom is -0.382 e. The van der Waals surface area contributed by atoms with Crippen molar-refractivity contribution in [3.8, 4) is 0 Å². The number of hydrogen-bond donors (Lipinski definition) is 1. The zero-order valence-electron chi connectivity index (χ0n) is 11.3. The van der Waals surface area contributed by atoms with E-state index in [0.29, 0.717) is 11.7 Å². The van der Waals surface area contributed by atoms with Gasteiger partial charge in [0.25, 0.3) is 0 Å². The van der Waals surface area contributed by atoms with Crippen LogP contribution >= 0.6 is 0 Å². The SMILES string of the molecule is Nc1nccnc1CC1CCCN(c2ncccn2)C1. The summed E-state index contributed by atoms with van der Waals surface area (Å²) in [5, 5.41) is 0. The predicted molar refractivity (Wildman–Crippen MR) is 77.1 cm³/mol. The van der Waals surface area contributed by atoms with Crippen LogP contribution in [-0.2, 0) is 6.42 Å². The van der Waals surface area contributed by atoms with Gasteiger partial charge in [-0.25, -0.2) is 15.0 Å². The molecule has 3 rings (SSSR count). The Kier molecular flexibility index (Phi) is 3.71. The lowest BCUT2D eigenvalue weighted by molar-refractivity contribution is 0.406. The van der Waals surface area contributed by atoms with E-state index in [0.717, 1.165) is 37.6 Å². The second-order valence-corrected chi connectivity index (χ2v) is 5.10. The number of hydrogen-bond acceptors (Lipinski definition) is 6. The summed E-state index contributed by atoms with van der Waals surface area (Å²) in [6.07, 6.45) is 10.1. The average molecular weight is 270 g/mol. The highest BCUT2D eigenvalue weighted by Gasteiger charge is 2.22. The van der Waals surface area contributed by atoms with Crippen molar-refractivity contribution in [2.75, 3.05) is 23.7 Å². The maximum absolute atomic E-state index is 5.87. The summed E-state index contributed by atoms with van der Waals surface area (Å²) in [7, 11) is 0. The van der Waals surface area contributed by atoms with Crippen LogP contribution < -0.4 is 10.6 Å². The molecule has 1 aliphatic rings. The lowest BCUT2D eigenvalue weighted by atomic mass is 9.93. The molecule has 1 unspecified atom stereocenters. The summed E-state index contributed by atoms with van der Waals surface area (Å²) in [6.45, 7) is 1.95. The number of piperidine rings is 1. The fourth-order valence-electron chi connectivity index (χ4n) is 2.68. The van der Waals surface area contributed by atoms with Gasteiger partial charge in [0.15, 0.2) is 0 Å². The first-order chi connectivity index (χ1) is 9.83. The van der Waals surface area contributed by atoms with Gasteiger partial charge in [0, 0.05) is 37.9 Å². The highest BCUT2D eigenvalue weighted by Crippen LogP contribution is 2.23. The highest BCUT2D eigenvalue weighted by molar-refractivity contribution is 5.34. The molecule has 2 aromatic rings. The molecule has 1 saturated heterocycles. The quantitative estimate of drug-likeness (QED) is 0.905. The maximum Gasteiger partial charge on any atom is 0.225 e. The van der Waals surface area contributed by atoms with Crippen LogP contribution in [-0.4, -0.2) is 33.0 Å². The number of aromatic nitrogens is 4. The Balaban J connectivity index is 1.68. The standard InChI is InChI=1S/C14H18N6/c15-13-12(16-6-7-17-13)9-11-3-1-8-20(10-11)14-18-4-2-5-19-14/h2,4-7,11H,1,3,8-10H2,(H2,15,17). The topological polar surface area (TPSA) is 80.8 Å². The molecule has 6 heteroatoms. The van der Waals surface area contributed by atoms with Crippen LogP contribution in [0.5, 0.6) is 0 Å². The minimum absolute atomic E-state index is 0.520. The van der Waals surface area contributed by atoms with Gasteiger partial charge in [0.2, 0.25) is 5.95 Å². The first-order valence-electron chi connectivity index (χ1n) is 6.90. The monoisotopic (exact) mass is 270 g/mol. The van der Waals surface area contributed by atoms with E-state index in [4.69, 9.17) is 5.73 Å². The first kappa shape index (κ1) is 12.8. The normalized spacial score (nSPS) is 19.0. The van der Waals surface area contributed by atoms with Crippen LogP contribution in [0.3, 0.4) is 0 Å². The summed E-state index contributed by atoms with van der Waals surface area (Å²) in [5.74, 6) is 1.87. The maximum atomic E-state index is 5.87. The van der Waals surface area contributed by atoms with E-state index < -0.39 is 0 Å². The Morgan fingerprint density at radius 1 is 1.10 bits per heavy atom. The molecule has 0 aromatic carbocycles. The number of anilines is 2. The molecule has 6 nitrogen and oxygen atoms in total. The molecular formula is C14H18N6. The van der Waals surface area contributed by atoms with Gasteiger partial charge in [0.05, 0.1) is 5.69 Å². The number of rotatable bonds is 3. The van der Waals surface area contributed by atoms with Crippen molar-refractivity contribution < 1.29 is 0 Å². The van der Waals surface area contributed by atoms with Gasteiger partial charge >= 0.3 is 0 Å². The Bertz CT molecular complexity index is 559. The number of nitrogen functional groups attached to an aromatic ring is 1. The van der Waals surface area contributed by atoms with Crippen LogP contribution in [0, 0.1) is 5.92 Å². The Morgan fingerprint density at radius 3 is 2.70 bits per heavy atom. The molecule has 0 spiro atoms. The van der Waals surface area contributed by atoms with Crippen molar-refractivity contribution in [1.29, 1.82) is 0 Å². The molecule has 3 heterocycles. The Morgan fingerprint density at radius 2 is 1.90 bits per heavy atom. The van der Waals surface area contributed by atoms with Crippen LogP contribution in [0.4, 0.5) is 11.8 Å². The van der Waals surface area contributed by atoms with E-state index >= 15 is 0 Å². The van der Waals surface area contributed by atoms with Crippen LogP contribution in [0.2, 0.25) is 0 Å². The van der Waals surface area contributed by atoms with E-state index in [-0.39, 0.29) is 0 Å². The van der Waals surface area contributed by atoms with Crippen molar-refractivity contribution in [3.63, 3.8) is 0 Å². The van der Waals surface area contributed by atoms with E-state index in [1.165, 1.54) is 6.42 Å². The Hall–Kier alpha value is -2.24. The zero-order valence-corrected chi connectivity index (χ0v) is 11.3. The third-order valence-corrected chi connectivity index (χ3v) is 3.64. The van der Waals surface area contributed by atoms with E-state index in [1.54, 1.807) is 24.8 Å². The molecule has 2 aromatic heterocycles. The molecule has 0 aliphatic carbocycles. The van der Waals surface area contributed by atoms with Crippen molar-refractivity contribution in [2.45, 2.75) is 19.3 Å². The van der Waals surface area contributed by atoms with E-state index in [9.17, 15) is 0 Å². The molecule has 0 amide bonds. The van der Waals surface area contributed by atoms with Crippen molar-refractivity contribution in [3.05, 3.63) is 36.5 Å². The largest absolute Gasteiger partial charge is 0.382 e. The van der Waals surface area contributed by atoms with Crippen molar-refractivity contribution >= 4 is 11.8 Å². The van der Waals surface area contributed by atoms with Gasteiger partial charge in [-0.1, -0.05) is 0 Å². The summed E-state index contributed by atoms with van der Waals surface area (Å²) < 4.78 is 0. The second kappa shape index (κ2) is 5.81. The smallest absolute Gasteiger partial charge is 0.225 e. The molecule has 0 saturated carbocycles. The minimum atomic E-state index is 0.520. The van der Waals surface area contributed by atoms with Crippen LogP contribution in [0.15, 0.2) is 30.9 Å². The lowest BCUT2D eigenvalue weighted by Gasteiger charge is -2.32. The van der Waals surface area contributed by atoms with Gasteiger partial charge in [-0.3, -0.25) is 4.98 Å². The van der Waals surface area contributed by atoms with Crippen LogP contribution in [0.1, 0.15) is 18.5 Å². The summed E-state index contributed by atoms with van der Waals surface area (Å²) >= 11 is 0. The third-order valence-electron chi connectivity index (χ3n) is 3.64. The summed E-state index contributed by atoms with van der Waals surface area (Å²) in [4.78, 5) is 19.3. The van der Waals surface area contributed by atoms with E-state index in [2.05, 4.69) is 24.8 Å². The molecule has 1 aliphatic heterocycles. The van der Waals surface area contributed by atoms with Crippen molar-refractivity contribution in [2.24, 2.45) is 5.92 Å². The predicted octanol–water partition coefficient (Wildman–Crippen LogP) is 1.31. The van der Waals surface area contributed by atoms with Gasteiger partial charge in [-0.05, 0) is 31.2 Å². The van der Waals surface area contributed by atoms with Gasteiger partial charge in [-0.15, -0.1) is 0 Å². The first-order valence-corrected chi connectivity index (χ1v) is 6.90. The third kappa shape index (κ3) is 2.84. The number of nitrogens with two attached hydrogens (primary N) is 1. The fourth-order valence-corrected chi connectivity index (χ4v) is 2.68. The highest BCUT2D eigenvalue weighted by atomic mass is 15.2. The Labute approximate surface area is 118 Å². The zero-order chi connectivity index (χ0) is 13.8. The molecule has 1 atom stereocenters. The van der Waals surface area contributed by atoms with E-state index in [1.807, 2.05) is 6.07 Å². The molecule has 20 heavy (non-hydrogen) atoms. The average Bonchev–Trinajstić information content (AvgIpc) is 2.51. The lowest BCUT2D eigenvalue weighted by Crippen LogP contribution is -2.37. The molecular weight excluding hydrogens is 252 g/mol. The van der Waals surface area contributed by atoms with Gasteiger partial charge in [0.1, 0.15) is 5.82 Å². The fraction of sp³-hybridized carbons (Fsp3) is 0.429. The summed E-state index contributed by atoms with van der Waals surface area (Å²) in [6, 6.07) is 1.84. The number of nitrogens with zero attached hydrogens (tertiary/aromatic N) is 5. The van der Waals surface area contributed by atoms with Crippen molar-refractivity contribution in [1.82, 2.24) is 19.9 Å². The molecule has 104 valence electrons.